The summed E-state index contributed by atoms with van der Waals surface area (Å²) >= 11 is 6.23. The number of alkyl halides is 3. The molecule has 11 heteroatoms. The number of hydrogen-bond acceptors (Lipinski definition) is 4. The van der Waals surface area contributed by atoms with Gasteiger partial charge in [0.05, 0.1) is 23.3 Å². The van der Waals surface area contributed by atoms with Crippen LogP contribution in [0.1, 0.15) is 59.7 Å². The van der Waals surface area contributed by atoms with Crippen molar-refractivity contribution in [2.24, 2.45) is 0 Å². The lowest BCUT2D eigenvalue weighted by atomic mass is 10.1. The number of hydrogen-bond donors (Lipinski definition) is 1. The Hall–Kier alpha value is -2.59. The van der Waals surface area contributed by atoms with E-state index in [0.29, 0.717) is 28.8 Å². The summed E-state index contributed by atoms with van der Waals surface area (Å²) in [6, 6.07) is 8.53. The standard InChI is InChI=1S/C23H25ClF3N3O3S/c1-3-4-5-10-34(32,33)29-23(31)16-8-9-19-20(12-16)30(14(2)28-19)13-17-7-6-15(11-18(17)24)21(25)22(26)27/h6-9,11-12,21-22H,3-5,10,13H2,1-2H3,(H,29,31). The van der Waals surface area contributed by atoms with E-state index in [4.69, 9.17) is 11.6 Å². The van der Waals surface area contributed by atoms with Crippen LogP contribution in [-0.4, -0.2) is 36.1 Å². The number of sulfonamides is 1. The quantitative estimate of drug-likeness (QED) is 0.358. The van der Waals surface area contributed by atoms with Gasteiger partial charge in [0.15, 0.2) is 6.17 Å². The molecule has 0 aliphatic carbocycles. The van der Waals surface area contributed by atoms with E-state index in [2.05, 4.69) is 9.71 Å². The number of amides is 1. The highest BCUT2D eigenvalue weighted by Crippen LogP contribution is 2.30. The van der Waals surface area contributed by atoms with E-state index in [1.807, 2.05) is 6.92 Å². The summed E-state index contributed by atoms with van der Waals surface area (Å²) in [6.07, 6.45) is -3.51. The van der Waals surface area contributed by atoms with Crippen molar-refractivity contribution in [1.29, 1.82) is 0 Å². The maximum absolute atomic E-state index is 13.6. The second kappa shape index (κ2) is 10.8. The Morgan fingerprint density at radius 2 is 1.88 bits per heavy atom. The number of nitrogens with one attached hydrogen (secondary N) is 1. The van der Waals surface area contributed by atoms with E-state index >= 15 is 0 Å². The number of unbranched alkanes of at least 4 members (excludes halogenated alkanes) is 2. The van der Waals surface area contributed by atoms with E-state index in [1.165, 1.54) is 30.3 Å². The molecule has 1 heterocycles. The van der Waals surface area contributed by atoms with Crippen LogP contribution in [-0.2, 0) is 16.6 Å². The fraction of sp³-hybridized carbons (Fsp3) is 0.391. The van der Waals surface area contributed by atoms with Crippen LogP contribution in [0.15, 0.2) is 36.4 Å². The molecule has 6 nitrogen and oxygen atoms in total. The van der Waals surface area contributed by atoms with Crippen LogP contribution in [0.3, 0.4) is 0 Å². The van der Waals surface area contributed by atoms with Gasteiger partial charge in [0, 0.05) is 10.6 Å². The van der Waals surface area contributed by atoms with E-state index < -0.39 is 28.5 Å². The SMILES string of the molecule is CCCCCS(=O)(=O)NC(=O)c1ccc2nc(C)n(Cc3ccc(C(F)C(F)F)cc3Cl)c2c1. The fourth-order valence-electron chi connectivity index (χ4n) is 3.56. The summed E-state index contributed by atoms with van der Waals surface area (Å²) in [5.74, 6) is -0.283. The summed E-state index contributed by atoms with van der Waals surface area (Å²) in [4.78, 5) is 17.0. The Bertz CT molecular complexity index is 1300. The molecule has 1 atom stereocenters. The molecule has 0 saturated carbocycles. The molecular formula is C23H25ClF3N3O3S. The minimum Gasteiger partial charge on any atom is -0.324 e. The van der Waals surface area contributed by atoms with Crippen LogP contribution < -0.4 is 4.72 Å². The van der Waals surface area contributed by atoms with Crippen molar-refractivity contribution in [2.75, 3.05) is 5.75 Å². The summed E-state index contributed by atoms with van der Waals surface area (Å²) in [5, 5.41) is 0.120. The van der Waals surface area contributed by atoms with Gasteiger partial charge in [-0.3, -0.25) is 4.79 Å². The molecule has 184 valence electrons. The molecule has 0 fully saturated rings. The van der Waals surface area contributed by atoms with Gasteiger partial charge in [-0.15, -0.1) is 0 Å². The van der Waals surface area contributed by atoms with Gasteiger partial charge in [0.2, 0.25) is 10.0 Å². The summed E-state index contributed by atoms with van der Waals surface area (Å²) in [6.45, 7) is 3.89. The summed E-state index contributed by atoms with van der Waals surface area (Å²) < 4.78 is 67.2. The highest BCUT2D eigenvalue weighted by atomic mass is 35.5. The third-order valence-corrected chi connectivity index (χ3v) is 7.09. The van der Waals surface area contributed by atoms with Crippen molar-refractivity contribution in [1.82, 2.24) is 14.3 Å². The largest absolute Gasteiger partial charge is 0.324 e. The topological polar surface area (TPSA) is 81.1 Å². The van der Waals surface area contributed by atoms with Crippen LogP contribution in [0.4, 0.5) is 13.2 Å². The molecule has 0 saturated heterocycles. The van der Waals surface area contributed by atoms with Gasteiger partial charge >= 0.3 is 0 Å². The Labute approximate surface area is 201 Å². The van der Waals surface area contributed by atoms with E-state index in [9.17, 15) is 26.4 Å². The highest BCUT2D eigenvalue weighted by Gasteiger charge is 2.22. The average molecular weight is 516 g/mol. The number of imidazole rings is 1. The number of benzene rings is 2. The number of aryl methyl sites for hydroxylation is 1. The van der Waals surface area contributed by atoms with Gasteiger partial charge in [0.25, 0.3) is 12.3 Å². The molecule has 34 heavy (non-hydrogen) atoms. The van der Waals surface area contributed by atoms with Gasteiger partial charge in [-0.1, -0.05) is 43.5 Å². The molecule has 0 aliphatic rings. The minimum atomic E-state index is -3.75. The Balaban J connectivity index is 1.87. The molecule has 1 unspecified atom stereocenters. The lowest BCUT2D eigenvalue weighted by molar-refractivity contribution is 0.0495. The van der Waals surface area contributed by atoms with Crippen molar-refractivity contribution < 1.29 is 26.4 Å². The number of carbonyl (C=O) groups is 1. The molecule has 0 spiro atoms. The Kier molecular flexibility index (Phi) is 8.25. The van der Waals surface area contributed by atoms with Crippen molar-refractivity contribution in [3.05, 3.63) is 63.9 Å². The second-order valence-corrected chi connectivity index (χ2v) is 10.2. The zero-order valence-corrected chi connectivity index (χ0v) is 20.3. The normalized spacial score (nSPS) is 12.9. The number of halogens is 4. The number of nitrogens with zero attached hydrogens (tertiary/aromatic N) is 2. The van der Waals surface area contributed by atoms with Gasteiger partial charge in [0.1, 0.15) is 5.82 Å². The van der Waals surface area contributed by atoms with Crippen LogP contribution in [0.5, 0.6) is 0 Å². The first kappa shape index (κ1) is 26.0. The van der Waals surface area contributed by atoms with Crippen LogP contribution in [0.25, 0.3) is 11.0 Å². The van der Waals surface area contributed by atoms with Gasteiger partial charge < -0.3 is 4.57 Å². The smallest absolute Gasteiger partial charge is 0.273 e. The Morgan fingerprint density at radius 1 is 1.15 bits per heavy atom. The van der Waals surface area contributed by atoms with Crippen LogP contribution in [0, 0.1) is 6.92 Å². The number of fused-ring (bicyclic) bond motifs is 1. The van der Waals surface area contributed by atoms with E-state index in [0.717, 1.165) is 12.8 Å². The third-order valence-electron chi connectivity index (χ3n) is 5.41. The van der Waals surface area contributed by atoms with Gasteiger partial charge in [-0.2, -0.15) is 0 Å². The number of rotatable bonds is 10. The molecule has 1 N–H and O–H groups in total. The van der Waals surface area contributed by atoms with E-state index in [1.54, 1.807) is 17.6 Å². The third kappa shape index (κ3) is 6.09. The lowest BCUT2D eigenvalue weighted by Gasteiger charge is -2.13. The number of carbonyl (C=O) groups excluding carboxylic acids is 1. The monoisotopic (exact) mass is 515 g/mol. The predicted molar refractivity (Wildman–Crippen MR) is 126 cm³/mol. The van der Waals surface area contributed by atoms with E-state index in [-0.39, 0.29) is 28.4 Å². The van der Waals surface area contributed by atoms with Crippen LogP contribution >= 0.6 is 11.6 Å². The molecule has 1 amide bonds. The average Bonchev–Trinajstić information content (AvgIpc) is 3.08. The van der Waals surface area contributed by atoms with Gasteiger partial charge in [-0.05, 0) is 48.7 Å². The molecule has 1 aromatic heterocycles. The molecule has 0 aliphatic heterocycles. The zero-order chi connectivity index (χ0) is 25.0. The molecule has 3 rings (SSSR count). The summed E-state index contributed by atoms with van der Waals surface area (Å²) in [5.41, 5.74) is 1.61. The highest BCUT2D eigenvalue weighted by molar-refractivity contribution is 7.90. The first-order chi connectivity index (χ1) is 16.0. The van der Waals surface area contributed by atoms with Crippen molar-refractivity contribution in [2.45, 2.75) is 52.3 Å². The van der Waals surface area contributed by atoms with Crippen molar-refractivity contribution >= 4 is 38.6 Å². The fourth-order valence-corrected chi connectivity index (χ4v) is 4.89. The Morgan fingerprint density at radius 3 is 2.53 bits per heavy atom. The summed E-state index contributed by atoms with van der Waals surface area (Å²) in [7, 11) is -3.75. The van der Waals surface area contributed by atoms with Crippen LogP contribution in [0.2, 0.25) is 5.02 Å². The lowest BCUT2D eigenvalue weighted by Crippen LogP contribution is -2.32. The minimum absolute atomic E-state index is 0.120. The second-order valence-electron chi connectivity index (χ2n) is 7.99. The first-order valence-electron chi connectivity index (χ1n) is 10.7. The number of aromatic nitrogens is 2. The molecule has 0 radical (unpaired) electrons. The van der Waals surface area contributed by atoms with Gasteiger partial charge in [-0.25, -0.2) is 31.3 Å². The molecule has 3 aromatic rings. The molecule has 0 bridgehead atoms. The predicted octanol–water partition coefficient (Wildman–Crippen LogP) is 5.57. The van der Waals surface area contributed by atoms with Crippen molar-refractivity contribution in [3.8, 4) is 0 Å². The maximum Gasteiger partial charge on any atom is 0.273 e. The molecular weight excluding hydrogens is 491 g/mol. The zero-order valence-electron chi connectivity index (χ0n) is 18.7. The molecule has 2 aromatic carbocycles. The first-order valence-corrected chi connectivity index (χ1v) is 12.8. The van der Waals surface area contributed by atoms with Crippen molar-refractivity contribution in [3.63, 3.8) is 0 Å². The maximum atomic E-state index is 13.6.